The van der Waals surface area contributed by atoms with Crippen molar-refractivity contribution < 1.29 is 14.4 Å². The minimum atomic E-state index is -1.28. The molecule has 1 aliphatic carbocycles. The topological polar surface area (TPSA) is 91.5 Å². The van der Waals surface area contributed by atoms with Crippen LogP contribution in [0.25, 0.3) is 0 Å². The Morgan fingerprint density at radius 3 is 2.85 bits per heavy atom. The van der Waals surface area contributed by atoms with Crippen molar-refractivity contribution >= 4 is 5.91 Å². The summed E-state index contributed by atoms with van der Waals surface area (Å²) in [6.45, 7) is 4.21. The van der Waals surface area contributed by atoms with Crippen LogP contribution in [-0.4, -0.2) is 57.8 Å². The third-order valence-electron chi connectivity index (χ3n) is 5.75. The minimum Gasteiger partial charge on any atom is -0.379 e. The minimum absolute atomic E-state index is 0.109. The number of nitrogens with zero attached hydrogens (tertiary/aromatic N) is 3. The summed E-state index contributed by atoms with van der Waals surface area (Å²) >= 11 is 0. The number of aryl methyl sites for hydroxylation is 1. The van der Waals surface area contributed by atoms with Crippen molar-refractivity contribution in [1.29, 1.82) is 0 Å². The Bertz CT molecular complexity index is 585. The van der Waals surface area contributed by atoms with Crippen LogP contribution in [0.5, 0.6) is 0 Å². The molecule has 0 unspecified atom stereocenters. The highest BCUT2D eigenvalue weighted by molar-refractivity contribution is 5.86. The summed E-state index contributed by atoms with van der Waals surface area (Å²) in [4.78, 5) is 18.8. The van der Waals surface area contributed by atoms with Gasteiger partial charge >= 0.3 is 0 Å². The number of amides is 1. The highest BCUT2D eigenvalue weighted by atomic mass is 16.5. The van der Waals surface area contributed by atoms with E-state index in [9.17, 15) is 9.90 Å². The van der Waals surface area contributed by atoms with E-state index in [-0.39, 0.29) is 12.5 Å². The summed E-state index contributed by atoms with van der Waals surface area (Å²) in [5, 5.41) is 17.9. The Hall–Kier alpha value is -1.47. The lowest BCUT2D eigenvalue weighted by molar-refractivity contribution is -0.156. The first kappa shape index (κ1) is 19.3. The van der Waals surface area contributed by atoms with E-state index in [1.807, 2.05) is 4.90 Å². The number of carbonyl (C=O) groups excluding carboxylic acids is 1. The molecule has 7 heteroatoms. The SMILES string of the molecule is Cc1nc(CCNC[C@]2(O)CCCN(CCC3CCCCC3)C2=O)no1. The average molecular weight is 364 g/mol. The molecule has 0 bridgehead atoms. The quantitative estimate of drug-likeness (QED) is 0.684. The molecule has 1 aliphatic heterocycles. The average Bonchev–Trinajstić information content (AvgIpc) is 3.06. The first-order chi connectivity index (χ1) is 12.6. The van der Waals surface area contributed by atoms with Gasteiger partial charge in [0.25, 0.3) is 5.91 Å². The number of hydrogen-bond donors (Lipinski definition) is 2. The third kappa shape index (κ3) is 5.04. The van der Waals surface area contributed by atoms with Gasteiger partial charge in [0.15, 0.2) is 11.4 Å². The molecule has 0 spiro atoms. The summed E-state index contributed by atoms with van der Waals surface area (Å²) in [7, 11) is 0. The predicted octanol–water partition coefficient (Wildman–Crippen LogP) is 1.83. The maximum Gasteiger partial charge on any atom is 0.255 e. The van der Waals surface area contributed by atoms with Crippen molar-refractivity contribution in [2.24, 2.45) is 5.92 Å². The molecule has 3 rings (SSSR count). The van der Waals surface area contributed by atoms with Crippen LogP contribution < -0.4 is 5.32 Å². The zero-order valence-corrected chi connectivity index (χ0v) is 15.9. The molecule has 1 aromatic heterocycles. The number of carbonyl (C=O) groups is 1. The second kappa shape index (κ2) is 8.95. The lowest BCUT2D eigenvalue weighted by Gasteiger charge is -2.39. The van der Waals surface area contributed by atoms with E-state index >= 15 is 0 Å². The molecule has 7 nitrogen and oxygen atoms in total. The van der Waals surface area contributed by atoms with E-state index in [1.54, 1.807) is 6.92 Å². The van der Waals surface area contributed by atoms with Crippen molar-refractivity contribution in [2.75, 3.05) is 26.2 Å². The van der Waals surface area contributed by atoms with Gasteiger partial charge in [-0.25, -0.2) is 0 Å². The number of aromatic nitrogens is 2. The molecule has 0 aromatic carbocycles. The van der Waals surface area contributed by atoms with E-state index in [4.69, 9.17) is 4.52 Å². The summed E-state index contributed by atoms with van der Waals surface area (Å²) < 4.78 is 4.94. The van der Waals surface area contributed by atoms with Crippen molar-refractivity contribution in [3.05, 3.63) is 11.7 Å². The van der Waals surface area contributed by atoms with E-state index in [1.165, 1.54) is 32.1 Å². The van der Waals surface area contributed by atoms with E-state index < -0.39 is 5.60 Å². The molecule has 1 saturated heterocycles. The molecule has 1 atom stereocenters. The van der Waals surface area contributed by atoms with E-state index in [0.717, 1.165) is 31.8 Å². The lowest BCUT2D eigenvalue weighted by Crippen LogP contribution is -2.58. The number of nitrogens with one attached hydrogen (secondary N) is 1. The Morgan fingerprint density at radius 1 is 1.31 bits per heavy atom. The molecular weight excluding hydrogens is 332 g/mol. The maximum atomic E-state index is 12.8. The van der Waals surface area contributed by atoms with Crippen LogP contribution >= 0.6 is 0 Å². The number of rotatable bonds is 8. The van der Waals surface area contributed by atoms with Gasteiger partial charge in [-0.05, 0) is 25.2 Å². The molecule has 2 aliphatic rings. The smallest absolute Gasteiger partial charge is 0.255 e. The van der Waals surface area contributed by atoms with Gasteiger partial charge in [0.1, 0.15) is 0 Å². The summed E-state index contributed by atoms with van der Waals surface area (Å²) in [6.07, 6.45) is 9.68. The van der Waals surface area contributed by atoms with Crippen LogP contribution in [0.3, 0.4) is 0 Å². The Labute approximate surface area is 155 Å². The van der Waals surface area contributed by atoms with Gasteiger partial charge in [-0.2, -0.15) is 4.98 Å². The van der Waals surface area contributed by atoms with E-state index in [2.05, 4.69) is 15.5 Å². The lowest BCUT2D eigenvalue weighted by atomic mass is 9.86. The molecule has 1 saturated carbocycles. The molecule has 2 fully saturated rings. The second-order valence-corrected chi connectivity index (χ2v) is 7.88. The zero-order chi connectivity index (χ0) is 18.4. The van der Waals surface area contributed by atoms with Gasteiger partial charge in [-0.15, -0.1) is 0 Å². The molecule has 2 N–H and O–H groups in total. The summed E-state index contributed by atoms with van der Waals surface area (Å²) in [6, 6.07) is 0. The Morgan fingerprint density at radius 2 is 2.12 bits per heavy atom. The van der Waals surface area contributed by atoms with E-state index in [0.29, 0.717) is 31.1 Å². The largest absolute Gasteiger partial charge is 0.379 e. The van der Waals surface area contributed by atoms with Gasteiger partial charge in [0, 0.05) is 39.5 Å². The van der Waals surface area contributed by atoms with Crippen LogP contribution in [0.2, 0.25) is 0 Å². The first-order valence-electron chi connectivity index (χ1n) is 10.1. The van der Waals surface area contributed by atoms with Crippen LogP contribution in [-0.2, 0) is 11.2 Å². The molecular formula is C19H32N4O3. The monoisotopic (exact) mass is 364 g/mol. The highest BCUT2D eigenvalue weighted by Gasteiger charge is 2.41. The molecule has 1 amide bonds. The van der Waals surface area contributed by atoms with Crippen LogP contribution in [0.1, 0.15) is 63.1 Å². The summed E-state index contributed by atoms with van der Waals surface area (Å²) in [5.74, 6) is 1.84. The Kier molecular flexibility index (Phi) is 6.64. The molecule has 1 aromatic rings. The van der Waals surface area contributed by atoms with Crippen molar-refractivity contribution in [1.82, 2.24) is 20.4 Å². The second-order valence-electron chi connectivity index (χ2n) is 7.88. The van der Waals surface area contributed by atoms with Gasteiger partial charge in [-0.1, -0.05) is 37.3 Å². The normalized spacial score (nSPS) is 25.0. The van der Waals surface area contributed by atoms with Gasteiger partial charge in [0.05, 0.1) is 0 Å². The fourth-order valence-electron chi connectivity index (χ4n) is 4.19. The fourth-order valence-corrected chi connectivity index (χ4v) is 4.19. The summed E-state index contributed by atoms with van der Waals surface area (Å²) in [5.41, 5.74) is -1.28. The molecule has 0 radical (unpaired) electrons. The number of hydrogen-bond acceptors (Lipinski definition) is 6. The fraction of sp³-hybridized carbons (Fsp3) is 0.842. The predicted molar refractivity (Wildman–Crippen MR) is 97.6 cm³/mol. The van der Waals surface area contributed by atoms with Gasteiger partial charge < -0.3 is 19.8 Å². The van der Waals surface area contributed by atoms with Crippen LogP contribution in [0, 0.1) is 12.8 Å². The molecule has 26 heavy (non-hydrogen) atoms. The van der Waals surface area contributed by atoms with Gasteiger partial charge in [0.2, 0.25) is 5.89 Å². The zero-order valence-electron chi connectivity index (χ0n) is 15.9. The maximum absolute atomic E-state index is 12.8. The van der Waals surface area contributed by atoms with Crippen LogP contribution in [0.15, 0.2) is 4.52 Å². The van der Waals surface area contributed by atoms with Crippen molar-refractivity contribution in [2.45, 2.75) is 70.3 Å². The standard InChI is InChI=1S/C19H32N4O3/c1-15-21-17(22-26-15)8-11-20-14-19(25)10-5-12-23(18(19)24)13-9-16-6-3-2-4-7-16/h16,20,25H,2-14H2,1H3/t19-/m1/s1. The third-order valence-corrected chi connectivity index (χ3v) is 5.75. The number of piperidine rings is 1. The molecule has 146 valence electrons. The number of likely N-dealkylation sites (tertiary alicyclic amines) is 1. The van der Waals surface area contributed by atoms with Crippen LogP contribution in [0.4, 0.5) is 0 Å². The molecule has 2 heterocycles. The van der Waals surface area contributed by atoms with Gasteiger partial charge in [-0.3, -0.25) is 4.79 Å². The van der Waals surface area contributed by atoms with Crippen molar-refractivity contribution in [3.8, 4) is 0 Å². The Balaban J connectivity index is 1.42. The highest BCUT2D eigenvalue weighted by Crippen LogP contribution is 2.28. The first-order valence-corrected chi connectivity index (χ1v) is 10.1. The van der Waals surface area contributed by atoms with Crippen molar-refractivity contribution in [3.63, 3.8) is 0 Å². The number of aliphatic hydroxyl groups is 1.